The van der Waals surface area contributed by atoms with Gasteiger partial charge in [0.05, 0.1) is 5.56 Å². The van der Waals surface area contributed by atoms with Gasteiger partial charge in [-0.15, -0.1) is 0 Å². The summed E-state index contributed by atoms with van der Waals surface area (Å²) in [5, 5.41) is 9.94. The van der Waals surface area contributed by atoms with Crippen molar-refractivity contribution in [2.24, 2.45) is 0 Å². The first kappa shape index (κ1) is 30.0. The fourth-order valence-corrected chi connectivity index (χ4v) is 3.64. The molecule has 6 nitrogen and oxygen atoms in total. The molecule has 0 unspecified atom stereocenters. The highest BCUT2D eigenvalue weighted by atomic mass is 16.5. The second-order valence-corrected chi connectivity index (χ2v) is 9.09. The Kier molecular flexibility index (Phi) is 12.3. The maximum absolute atomic E-state index is 11.9. The summed E-state index contributed by atoms with van der Waals surface area (Å²) in [5.74, 6) is 2.86. The van der Waals surface area contributed by atoms with Crippen LogP contribution in [0.3, 0.4) is 0 Å². The first-order chi connectivity index (χ1) is 19.5. The van der Waals surface area contributed by atoms with Gasteiger partial charge in [-0.2, -0.15) is 0 Å². The van der Waals surface area contributed by atoms with Crippen molar-refractivity contribution in [3.05, 3.63) is 109 Å². The van der Waals surface area contributed by atoms with Crippen molar-refractivity contribution < 1.29 is 28.9 Å². The van der Waals surface area contributed by atoms with E-state index in [0.29, 0.717) is 41.4 Å². The number of phenolic OH excluding ortho intramolecular Hbond substituents is 1. The number of carbonyl (C=O) groups is 2. The molecule has 4 aromatic carbocycles. The first-order valence-electron chi connectivity index (χ1n) is 13.6. The molecule has 0 radical (unpaired) electrons. The lowest BCUT2D eigenvalue weighted by atomic mass is 10.0. The van der Waals surface area contributed by atoms with Crippen LogP contribution in [-0.4, -0.2) is 16.9 Å². The predicted molar refractivity (Wildman–Crippen MR) is 157 cm³/mol. The van der Waals surface area contributed by atoms with Crippen molar-refractivity contribution in [3.8, 4) is 34.5 Å². The number of benzene rings is 4. The lowest BCUT2D eigenvalue weighted by Gasteiger charge is -2.08. The van der Waals surface area contributed by atoms with Crippen LogP contribution in [0.15, 0.2) is 103 Å². The standard InChI is InChI=1S/2C17H18O3/c1-2-3-12-17(18)20-16-11-7-10-15(13-16)19-14-8-5-4-6-9-14;1-2-3-9-16(18)15-11-10-14(12-17(15)19)20-13-7-5-4-6-8-13/h4-11,13H,2-3,12H2,1H3;4-8,10-12,19H,2-3,9H2,1H3. The Morgan fingerprint density at radius 1 is 0.600 bits per heavy atom. The summed E-state index contributed by atoms with van der Waals surface area (Å²) in [4.78, 5) is 23.5. The molecule has 0 fully saturated rings. The van der Waals surface area contributed by atoms with E-state index >= 15 is 0 Å². The van der Waals surface area contributed by atoms with E-state index in [1.54, 1.807) is 30.3 Å². The monoisotopic (exact) mass is 540 g/mol. The molecule has 0 aliphatic carbocycles. The minimum absolute atomic E-state index is 0.0282. The Morgan fingerprint density at radius 3 is 1.70 bits per heavy atom. The average molecular weight is 541 g/mol. The molecule has 0 bridgehead atoms. The third-order valence-electron chi connectivity index (χ3n) is 5.76. The van der Waals surface area contributed by atoms with Gasteiger partial charge < -0.3 is 19.3 Å². The van der Waals surface area contributed by atoms with E-state index < -0.39 is 0 Å². The normalized spacial score (nSPS) is 10.2. The molecule has 0 saturated carbocycles. The van der Waals surface area contributed by atoms with Gasteiger partial charge in [-0.1, -0.05) is 69.2 Å². The molecule has 0 saturated heterocycles. The topological polar surface area (TPSA) is 82.1 Å². The van der Waals surface area contributed by atoms with Crippen LogP contribution in [0.5, 0.6) is 34.5 Å². The van der Waals surface area contributed by atoms with E-state index in [4.69, 9.17) is 14.2 Å². The number of ether oxygens (including phenoxy) is 3. The van der Waals surface area contributed by atoms with Crippen molar-refractivity contribution in [1.29, 1.82) is 0 Å². The third kappa shape index (κ3) is 10.3. The van der Waals surface area contributed by atoms with Crippen molar-refractivity contribution in [1.82, 2.24) is 0 Å². The van der Waals surface area contributed by atoms with E-state index in [2.05, 4.69) is 0 Å². The van der Waals surface area contributed by atoms with Crippen LogP contribution in [0, 0.1) is 0 Å². The quantitative estimate of drug-likeness (QED) is 0.110. The molecule has 0 aromatic heterocycles. The van der Waals surface area contributed by atoms with Crippen molar-refractivity contribution in [2.45, 2.75) is 52.4 Å². The minimum atomic E-state index is -0.205. The zero-order chi connectivity index (χ0) is 28.6. The summed E-state index contributed by atoms with van der Waals surface area (Å²) in [6, 6.07) is 30.7. The lowest BCUT2D eigenvalue weighted by Crippen LogP contribution is -2.07. The number of carbonyl (C=O) groups excluding carboxylic acids is 2. The second kappa shape index (κ2) is 16.4. The highest BCUT2D eigenvalue weighted by Gasteiger charge is 2.12. The second-order valence-electron chi connectivity index (χ2n) is 9.09. The minimum Gasteiger partial charge on any atom is -0.507 e. The largest absolute Gasteiger partial charge is 0.507 e. The predicted octanol–water partition coefficient (Wildman–Crippen LogP) is 9.13. The van der Waals surface area contributed by atoms with Crippen LogP contribution in [-0.2, 0) is 4.79 Å². The number of phenols is 1. The summed E-state index contributed by atoms with van der Waals surface area (Å²) < 4.78 is 16.6. The van der Waals surface area contributed by atoms with Gasteiger partial charge in [0.25, 0.3) is 0 Å². The van der Waals surface area contributed by atoms with Gasteiger partial charge in [0.15, 0.2) is 5.78 Å². The van der Waals surface area contributed by atoms with Crippen LogP contribution in [0.25, 0.3) is 0 Å². The summed E-state index contributed by atoms with van der Waals surface area (Å²) in [7, 11) is 0. The van der Waals surface area contributed by atoms with Gasteiger partial charge in [-0.25, -0.2) is 0 Å². The van der Waals surface area contributed by atoms with E-state index in [0.717, 1.165) is 31.4 Å². The third-order valence-corrected chi connectivity index (χ3v) is 5.76. The Balaban J connectivity index is 0.000000220. The fraction of sp³-hybridized carbons (Fsp3) is 0.235. The maximum atomic E-state index is 11.9. The Hall–Kier alpha value is -4.58. The van der Waals surface area contributed by atoms with E-state index in [1.807, 2.05) is 80.6 Å². The van der Waals surface area contributed by atoms with Crippen LogP contribution in [0.2, 0.25) is 0 Å². The van der Waals surface area contributed by atoms with Crippen LogP contribution in [0.1, 0.15) is 62.7 Å². The number of ketones is 1. The average Bonchev–Trinajstić information content (AvgIpc) is 2.96. The smallest absolute Gasteiger partial charge is 0.311 e. The highest BCUT2D eigenvalue weighted by molar-refractivity contribution is 5.98. The SMILES string of the molecule is CCCCC(=O)Oc1cccc(Oc2ccccc2)c1.CCCCC(=O)c1ccc(Oc2ccccc2)cc1O. The number of para-hydroxylation sites is 2. The van der Waals surface area contributed by atoms with E-state index in [-0.39, 0.29) is 17.5 Å². The summed E-state index contributed by atoms with van der Waals surface area (Å²) >= 11 is 0. The molecule has 0 heterocycles. The van der Waals surface area contributed by atoms with E-state index in [9.17, 15) is 14.7 Å². The van der Waals surface area contributed by atoms with Crippen LogP contribution < -0.4 is 14.2 Å². The maximum Gasteiger partial charge on any atom is 0.311 e. The molecule has 1 N–H and O–H groups in total. The number of rotatable bonds is 12. The first-order valence-corrected chi connectivity index (χ1v) is 13.6. The van der Waals surface area contributed by atoms with Gasteiger partial charge in [-0.3, -0.25) is 9.59 Å². The number of esters is 1. The zero-order valence-electron chi connectivity index (χ0n) is 23.0. The molecule has 0 spiro atoms. The molecular formula is C34H36O6. The Morgan fingerprint density at radius 2 is 1.12 bits per heavy atom. The zero-order valence-corrected chi connectivity index (χ0v) is 23.0. The van der Waals surface area contributed by atoms with Gasteiger partial charge in [0, 0.05) is 25.0 Å². The molecule has 6 heteroatoms. The molecule has 0 aliphatic rings. The summed E-state index contributed by atoms with van der Waals surface area (Å²) in [6.45, 7) is 4.07. The molecule has 0 amide bonds. The van der Waals surface area contributed by atoms with E-state index in [1.165, 1.54) is 6.07 Å². The number of aromatic hydroxyl groups is 1. The molecular weight excluding hydrogens is 504 g/mol. The molecule has 208 valence electrons. The summed E-state index contributed by atoms with van der Waals surface area (Å²) in [6.07, 6.45) is 4.52. The van der Waals surface area contributed by atoms with Crippen molar-refractivity contribution in [2.75, 3.05) is 0 Å². The van der Waals surface area contributed by atoms with Gasteiger partial charge in [0.1, 0.15) is 34.5 Å². The molecule has 4 rings (SSSR count). The Bertz CT molecular complexity index is 1340. The number of unbranched alkanes of at least 4 members (excludes halogenated alkanes) is 2. The molecule has 0 atom stereocenters. The van der Waals surface area contributed by atoms with Crippen LogP contribution >= 0.6 is 0 Å². The molecule has 40 heavy (non-hydrogen) atoms. The number of hydrogen-bond donors (Lipinski definition) is 1. The number of hydrogen-bond acceptors (Lipinski definition) is 6. The Labute approximate surface area is 236 Å². The molecule has 0 aliphatic heterocycles. The summed E-state index contributed by atoms with van der Waals surface area (Å²) in [5.41, 5.74) is 0.360. The van der Waals surface area contributed by atoms with Crippen molar-refractivity contribution >= 4 is 11.8 Å². The van der Waals surface area contributed by atoms with Gasteiger partial charge in [0.2, 0.25) is 0 Å². The lowest BCUT2D eigenvalue weighted by molar-refractivity contribution is -0.134. The van der Waals surface area contributed by atoms with Crippen LogP contribution in [0.4, 0.5) is 0 Å². The fourth-order valence-electron chi connectivity index (χ4n) is 3.64. The highest BCUT2D eigenvalue weighted by Crippen LogP contribution is 2.29. The van der Waals surface area contributed by atoms with Gasteiger partial charge >= 0.3 is 5.97 Å². The van der Waals surface area contributed by atoms with Crippen molar-refractivity contribution in [3.63, 3.8) is 0 Å². The molecule has 4 aromatic rings. The van der Waals surface area contributed by atoms with Gasteiger partial charge in [-0.05, 0) is 61.4 Å². The number of Topliss-reactive ketones (excluding diaryl/α,β-unsaturated/α-hetero) is 1.